The molecule has 3 rings (SSSR count). The van der Waals surface area contributed by atoms with Crippen LogP contribution in [-0.2, 0) is 13.0 Å². The molecule has 29 heavy (non-hydrogen) atoms. The summed E-state index contributed by atoms with van der Waals surface area (Å²) in [4.78, 5) is 2.31. The van der Waals surface area contributed by atoms with E-state index in [2.05, 4.69) is 15.1 Å². The van der Waals surface area contributed by atoms with Crippen LogP contribution >= 0.6 is 0 Å². The molecule has 3 N–H and O–H groups in total. The zero-order valence-corrected chi connectivity index (χ0v) is 17.3. The number of hydrogen-bond donors (Lipinski definition) is 3. The van der Waals surface area contributed by atoms with Crippen LogP contribution < -0.4 is 4.74 Å². The standard InChI is InChI=1S/C22H32FN3O3/c1-15-19(16(2)25-24-15)13-26-10-5-3-4-6-17-12-18(23)7-8-22(17)29-14-21(28)20(27)9-11-26/h7-8,12,20-21,27-28H,3-6,9-11,13-14H2,1-2H3,(H,24,25)/t20-,21+/m0/s1. The predicted octanol–water partition coefficient (Wildman–Crippen LogP) is 2.88. The van der Waals surface area contributed by atoms with Crippen LogP contribution in [0.15, 0.2) is 18.2 Å². The lowest BCUT2D eigenvalue weighted by Gasteiger charge is -2.26. The highest BCUT2D eigenvalue weighted by atomic mass is 19.1. The van der Waals surface area contributed by atoms with Crippen molar-refractivity contribution in [1.29, 1.82) is 0 Å². The van der Waals surface area contributed by atoms with Gasteiger partial charge in [0.05, 0.1) is 11.8 Å². The number of halogens is 1. The lowest BCUT2D eigenvalue weighted by Crippen LogP contribution is -2.36. The molecule has 0 radical (unpaired) electrons. The molecule has 6 nitrogen and oxygen atoms in total. The molecule has 2 heterocycles. The van der Waals surface area contributed by atoms with Crippen molar-refractivity contribution < 1.29 is 19.3 Å². The Morgan fingerprint density at radius 3 is 2.76 bits per heavy atom. The normalized spacial score (nSPS) is 22.5. The van der Waals surface area contributed by atoms with Gasteiger partial charge in [0.1, 0.15) is 24.3 Å². The minimum absolute atomic E-state index is 0.0141. The van der Waals surface area contributed by atoms with Gasteiger partial charge >= 0.3 is 0 Å². The first-order valence-corrected chi connectivity index (χ1v) is 10.4. The summed E-state index contributed by atoms with van der Waals surface area (Å²) in [5.74, 6) is 0.299. The van der Waals surface area contributed by atoms with Crippen LogP contribution in [0.25, 0.3) is 0 Å². The van der Waals surface area contributed by atoms with Gasteiger partial charge in [0.2, 0.25) is 0 Å². The second kappa shape index (κ2) is 10.2. The molecule has 2 aromatic rings. The fourth-order valence-corrected chi connectivity index (χ4v) is 3.81. The summed E-state index contributed by atoms with van der Waals surface area (Å²) in [6, 6.07) is 4.47. The van der Waals surface area contributed by atoms with E-state index in [1.807, 2.05) is 13.8 Å². The number of nitrogens with zero attached hydrogens (tertiary/aromatic N) is 2. The second-order valence-corrected chi connectivity index (χ2v) is 7.99. The van der Waals surface area contributed by atoms with Crippen molar-refractivity contribution in [3.63, 3.8) is 0 Å². The van der Waals surface area contributed by atoms with Gasteiger partial charge in [0, 0.05) is 24.3 Å². The maximum atomic E-state index is 13.7. The maximum Gasteiger partial charge on any atom is 0.123 e. The van der Waals surface area contributed by atoms with Gasteiger partial charge in [-0.2, -0.15) is 5.10 Å². The molecule has 160 valence electrons. The molecule has 7 heteroatoms. The molecule has 0 saturated carbocycles. The van der Waals surface area contributed by atoms with Crippen molar-refractivity contribution in [2.75, 3.05) is 19.7 Å². The average Bonchev–Trinajstić information content (AvgIpc) is 3.01. The third kappa shape index (κ3) is 6.01. The smallest absolute Gasteiger partial charge is 0.123 e. The first kappa shape index (κ1) is 21.7. The van der Waals surface area contributed by atoms with E-state index in [1.165, 1.54) is 17.7 Å². The van der Waals surface area contributed by atoms with E-state index in [4.69, 9.17) is 4.74 Å². The molecule has 1 aliphatic heterocycles. The number of aliphatic hydroxyl groups is 2. The van der Waals surface area contributed by atoms with Gasteiger partial charge < -0.3 is 14.9 Å². The summed E-state index contributed by atoms with van der Waals surface area (Å²) in [6.07, 6.45) is 2.30. The van der Waals surface area contributed by atoms with Crippen LogP contribution in [0, 0.1) is 19.7 Å². The van der Waals surface area contributed by atoms with Gasteiger partial charge in [0.15, 0.2) is 0 Å². The summed E-state index contributed by atoms with van der Waals surface area (Å²) in [5.41, 5.74) is 4.06. The number of aromatic nitrogens is 2. The molecule has 0 fully saturated rings. The number of benzene rings is 1. The highest BCUT2D eigenvalue weighted by Gasteiger charge is 2.20. The fraction of sp³-hybridized carbons (Fsp3) is 0.591. The van der Waals surface area contributed by atoms with Crippen LogP contribution in [0.1, 0.15) is 48.2 Å². The molecule has 0 aliphatic carbocycles. The zero-order chi connectivity index (χ0) is 20.8. The van der Waals surface area contributed by atoms with E-state index in [0.717, 1.165) is 55.7 Å². The number of aromatic amines is 1. The highest BCUT2D eigenvalue weighted by molar-refractivity contribution is 5.34. The Labute approximate surface area is 171 Å². The number of aliphatic hydroxyl groups excluding tert-OH is 2. The summed E-state index contributed by atoms with van der Waals surface area (Å²) in [6.45, 7) is 6.35. The Morgan fingerprint density at radius 1 is 1.17 bits per heavy atom. The SMILES string of the molecule is Cc1n[nH]c(C)c1CN1CCCCCc2cc(F)ccc2OC[C@@H](O)[C@@H](O)CC1. The summed E-state index contributed by atoms with van der Waals surface area (Å²) in [5, 5.41) is 28.0. The summed E-state index contributed by atoms with van der Waals surface area (Å²) in [7, 11) is 0. The van der Waals surface area contributed by atoms with E-state index in [-0.39, 0.29) is 12.4 Å². The summed E-state index contributed by atoms with van der Waals surface area (Å²) >= 11 is 0. The molecule has 1 aliphatic rings. The maximum absolute atomic E-state index is 13.7. The Hall–Kier alpha value is -1.96. The van der Waals surface area contributed by atoms with Crippen LogP contribution in [0.4, 0.5) is 4.39 Å². The van der Waals surface area contributed by atoms with E-state index in [0.29, 0.717) is 18.7 Å². The number of nitrogens with one attached hydrogen (secondary N) is 1. The molecule has 0 saturated heterocycles. The minimum Gasteiger partial charge on any atom is -0.491 e. The molecule has 2 atom stereocenters. The average molecular weight is 406 g/mol. The van der Waals surface area contributed by atoms with E-state index in [1.54, 1.807) is 6.07 Å². The van der Waals surface area contributed by atoms with Gasteiger partial charge in [-0.05, 0) is 69.8 Å². The molecule has 0 bridgehead atoms. The van der Waals surface area contributed by atoms with Gasteiger partial charge in [-0.25, -0.2) is 4.39 Å². The van der Waals surface area contributed by atoms with E-state index < -0.39 is 12.2 Å². The van der Waals surface area contributed by atoms with Crippen molar-refractivity contribution in [2.45, 2.75) is 64.7 Å². The van der Waals surface area contributed by atoms with Crippen LogP contribution in [-0.4, -0.2) is 57.2 Å². The molecular formula is C22H32FN3O3. The van der Waals surface area contributed by atoms with Crippen molar-refractivity contribution in [2.24, 2.45) is 0 Å². The Balaban J connectivity index is 1.69. The first-order valence-electron chi connectivity index (χ1n) is 10.4. The molecular weight excluding hydrogens is 373 g/mol. The quantitative estimate of drug-likeness (QED) is 0.716. The minimum atomic E-state index is -0.991. The lowest BCUT2D eigenvalue weighted by atomic mass is 10.0. The third-order valence-electron chi connectivity index (χ3n) is 5.70. The highest BCUT2D eigenvalue weighted by Crippen LogP contribution is 2.23. The van der Waals surface area contributed by atoms with Crippen LogP contribution in [0.3, 0.4) is 0 Å². The van der Waals surface area contributed by atoms with Gasteiger partial charge in [-0.1, -0.05) is 6.42 Å². The van der Waals surface area contributed by atoms with Gasteiger partial charge in [-0.15, -0.1) is 0 Å². The topological polar surface area (TPSA) is 81.6 Å². The number of rotatable bonds is 2. The third-order valence-corrected chi connectivity index (χ3v) is 5.70. The Bertz CT molecular complexity index is 776. The van der Waals surface area contributed by atoms with Crippen molar-refractivity contribution >= 4 is 0 Å². The number of aryl methyl sites for hydroxylation is 3. The second-order valence-electron chi connectivity index (χ2n) is 7.99. The molecule has 0 unspecified atom stereocenters. The molecule has 1 aromatic carbocycles. The largest absolute Gasteiger partial charge is 0.491 e. The monoisotopic (exact) mass is 405 g/mol. The first-order chi connectivity index (χ1) is 13.9. The van der Waals surface area contributed by atoms with Gasteiger partial charge in [-0.3, -0.25) is 10.00 Å². The van der Waals surface area contributed by atoms with Gasteiger partial charge in [0.25, 0.3) is 0 Å². The number of hydrogen-bond acceptors (Lipinski definition) is 5. The number of H-pyrrole nitrogens is 1. The molecule has 0 amide bonds. The zero-order valence-electron chi connectivity index (χ0n) is 17.3. The number of fused-ring (bicyclic) bond motifs is 1. The number of ether oxygens (including phenoxy) is 1. The van der Waals surface area contributed by atoms with Crippen LogP contribution in [0.5, 0.6) is 5.75 Å². The predicted molar refractivity (Wildman–Crippen MR) is 109 cm³/mol. The fourth-order valence-electron chi connectivity index (χ4n) is 3.81. The van der Waals surface area contributed by atoms with E-state index >= 15 is 0 Å². The van der Waals surface area contributed by atoms with E-state index in [9.17, 15) is 14.6 Å². The molecule has 0 spiro atoms. The lowest BCUT2D eigenvalue weighted by molar-refractivity contribution is -0.0163. The Morgan fingerprint density at radius 2 is 2.00 bits per heavy atom. The van der Waals surface area contributed by atoms with Crippen molar-refractivity contribution in [1.82, 2.24) is 15.1 Å². The molecule has 1 aromatic heterocycles. The summed E-state index contributed by atoms with van der Waals surface area (Å²) < 4.78 is 19.4. The Kier molecular flexibility index (Phi) is 7.64. The van der Waals surface area contributed by atoms with Crippen molar-refractivity contribution in [3.8, 4) is 5.75 Å². The van der Waals surface area contributed by atoms with Crippen molar-refractivity contribution in [3.05, 3.63) is 46.5 Å². The van der Waals surface area contributed by atoms with Crippen LogP contribution in [0.2, 0.25) is 0 Å².